The molecule has 0 saturated heterocycles. The first-order chi connectivity index (χ1) is 8.07. The van der Waals surface area contributed by atoms with Crippen LogP contribution >= 0.6 is 0 Å². The number of hydrogen-bond acceptors (Lipinski definition) is 3. The fraction of sp³-hybridized carbons (Fsp3) is 0.500. The molecule has 0 amide bonds. The molecule has 0 bridgehead atoms. The molecule has 1 aliphatic carbocycles. The summed E-state index contributed by atoms with van der Waals surface area (Å²) in [4.78, 5) is 23.2. The molecule has 2 rings (SSSR count). The lowest BCUT2D eigenvalue weighted by atomic mass is 9.93. The Morgan fingerprint density at radius 1 is 1.47 bits per heavy atom. The first-order valence-corrected chi connectivity index (χ1v) is 5.55. The number of carbonyl (C=O) groups excluding carboxylic acids is 1. The summed E-state index contributed by atoms with van der Waals surface area (Å²) in [5, 5.41) is 9.22. The number of methoxy groups -OCH3 is 1. The van der Waals surface area contributed by atoms with Crippen molar-refractivity contribution in [2.24, 2.45) is 0 Å². The smallest absolute Gasteiger partial charge is 0.337 e. The Morgan fingerprint density at radius 2 is 2.18 bits per heavy atom. The molecule has 0 saturated carbocycles. The lowest BCUT2D eigenvalue weighted by molar-refractivity contribution is 0.0693. The van der Waals surface area contributed by atoms with Crippen LogP contribution in [-0.4, -0.2) is 28.5 Å². The zero-order valence-corrected chi connectivity index (χ0v) is 9.95. The van der Waals surface area contributed by atoms with E-state index >= 15 is 0 Å². The third kappa shape index (κ3) is 1.76. The van der Waals surface area contributed by atoms with Gasteiger partial charge in [0.25, 0.3) is 0 Å². The SMILES string of the molecule is COCn1c(C)c(C(=O)O)c2c1C(=O)CCC2. The number of aromatic carboxylic acids is 1. The molecule has 1 aromatic heterocycles. The van der Waals surface area contributed by atoms with Crippen LogP contribution in [-0.2, 0) is 17.9 Å². The molecule has 0 aromatic carbocycles. The molecule has 0 fully saturated rings. The first kappa shape index (κ1) is 11.9. The zero-order chi connectivity index (χ0) is 12.6. The maximum Gasteiger partial charge on any atom is 0.337 e. The average molecular weight is 237 g/mol. The van der Waals surface area contributed by atoms with E-state index in [1.165, 1.54) is 7.11 Å². The van der Waals surface area contributed by atoms with Crippen molar-refractivity contribution in [3.63, 3.8) is 0 Å². The molecule has 0 unspecified atom stereocenters. The third-order valence-corrected chi connectivity index (χ3v) is 3.19. The second kappa shape index (κ2) is 4.33. The summed E-state index contributed by atoms with van der Waals surface area (Å²) in [5.74, 6) is -0.956. The van der Waals surface area contributed by atoms with Crippen molar-refractivity contribution in [3.8, 4) is 0 Å². The number of hydrogen-bond donors (Lipinski definition) is 1. The van der Waals surface area contributed by atoms with Gasteiger partial charge in [-0.25, -0.2) is 4.79 Å². The van der Waals surface area contributed by atoms with Gasteiger partial charge in [-0.2, -0.15) is 0 Å². The summed E-state index contributed by atoms with van der Waals surface area (Å²) in [7, 11) is 1.53. The average Bonchev–Trinajstić information content (AvgIpc) is 2.54. The minimum Gasteiger partial charge on any atom is -0.478 e. The van der Waals surface area contributed by atoms with Crippen molar-refractivity contribution in [1.29, 1.82) is 0 Å². The molecule has 0 radical (unpaired) electrons. The Labute approximate surface area is 99.0 Å². The van der Waals surface area contributed by atoms with Gasteiger partial charge in [-0.1, -0.05) is 0 Å². The number of ketones is 1. The molecule has 5 heteroatoms. The lowest BCUT2D eigenvalue weighted by Crippen LogP contribution is -2.16. The molecule has 1 heterocycles. The number of ether oxygens (including phenoxy) is 1. The van der Waals surface area contributed by atoms with E-state index in [1.54, 1.807) is 11.5 Å². The summed E-state index contributed by atoms with van der Waals surface area (Å²) in [6, 6.07) is 0. The van der Waals surface area contributed by atoms with Gasteiger partial charge in [0.05, 0.1) is 11.3 Å². The van der Waals surface area contributed by atoms with E-state index in [1.807, 2.05) is 0 Å². The Bertz CT molecular complexity index is 487. The van der Waals surface area contributed by atoms with Crippen LogP contribution in [0.5, 0.6) is 0 Å². The number of fused-ring (bicyclic) bond motifs is 1. The van der Waals surface area contributed by atoms with Crippen molar-refractivity contribution in [2.75, 3.05) is 7.11 Å². The minimum atomic E-state index is -0.969. The number of Topliss-reactive ketones (excluding diaryl/α,β-unsaturated/α-hetero) is 1. The number of nitrogens with zero attached hydrogens (tertiary/aromatic N) is 1. The third-order valence-electron chi connectivity index (χ3n) is 3.19. The highest BCUT2D eigenvalue weighted by Gasteiger charge is 2.30. The van der Waals surface area contributed by atoms with E-state index in [4.69, 9.17) is 4.74 Å². The minimum absolute atomic E-state index is 0.0129. The second-order valence-corrected chi connectivity index (χ2v) is 4.22. The van der Waals surface area contributed by atoms with Crippen LogP contribution in [0.25, 0.3) is 0 Å². The molecule has 92 valence electrons. The number of aromatic nitrogens is 1. The molecule has 17 heavy (non-hydrogen) atoms. The highest BCUT2D eigenvalue weighted by molar-refractivity contribution is 6.02. The van der Waals surface area contributed by atoms with E-state index in [0.717, 1.165) is 6.42 Å². The Balaban J connectivity index is 2.67. The van der Waals surface area contributed by atoms with E-state index in [-0.39, 0.29) is 18.1 Å². The van der Waals surface area contributed by atoms with Crippen molar-refractivity contribution >= 4 is 11.8 Å². The maximum absolute atomic E-state index is 11.9. The number of carboxylic acids is 1. The van der Waals surface area contributed by atoms with Crippen LogP contribution in [0.3, 0.4) is 0 Å². The van der Waals surface area contributed by atoms with Gasteiger partial charge in [0.1, 0.15) is 6.73 Å². The van der Waals surface area contributed by atoms with Crippen LogP contribution in [0.1, 0.15) is 44.9 Å². The topological polar surface area (TPSA) is 68.5 Å². The molecule has 1 aromatic rings. The van der Waals surface area contributed by atoms with Crippen molar-refractivity contribution in [1.82, 2.24) is 4.57 Å². The maximum atomic E-state index is 11.9. The molecular formula is C12H15NO4. The standard InChI is InChI=1S/C12H15NO4/c1-7-10(12(15)16)8-4-3-5-9(14)11(8)13(7)6-17-2/h3-6H2,1-2H3,(H,15,16). The van der Waals surface area contributed by atoms with Crippen LogP contribution in [0.4, 0.5) is 0 Å². The van der Waals surface area contributed by atoms with Crippen LogP contribution in [0.15, 0.2) is 0 Å². The molecule has 1 N–H and O–H groups in total. The van der Waals surface area contributed by atoms with Crippen molar-refractivity contribution < 1.29 is 19.4 Å². The largest absolute Gasteiger partial charge is 0.478 e. The van der Waals surface area contributed by atoms with E-state index in [2.05, 4.69) is 0 Å². The van der Waals surface area contributed by atoms with Gasteiger partial charge in [0, 0.05) is 19.2 Å². The highest BCUT2D eigenvalue weighted by atomic mass is 16.5. The first-order valence-electron chi connectivity index (χ1n) is 5.55. The normalized spacial score (nSPS) is 14.8. The fourth-order valence-electron chi connectivity index (χ4n) is 2.48. The second-order valence-electron chi connectivity index (χ2n) is 4.22. The summed E-state index contributed by atoms with van der Waals surface area (Å²) in [6.07, 6.45) is 1.86. The molecular weight excluding hydrogens is 222 g/mol. The Kier molecular flexibility index (Phi) is 3.02. The Hall–Kier alpha value is -1.62. The molecule has 0 aliphatic heterocycles. The summed E-state index contributed by atoms with van der Waals surface area (Å²) in [6.45, 7) is 1.93. The predicted octanol–water partition coefficient (Wildman–Crippen LogP) is 1.62. The molecule has 5 nitrogen and oxygen atoms in total. The van der Waals surface area contributed by atoms with Gasteiger partial charge in [0.2, 0.25) is 0 Å². The molecule has 0 spiro atoms. The monoisotopic (exact) mass is 237 g/mol. The zero-order valence-electron chi connectivity index (χ0n) is 9.95. The lowest BCUT2D eigenvalue weighted by Gasteiger charge is -2.14. The number of carboxylic acid groups (broad SMARTS) is 1. The predicted molar refractivity (Wildman–Crippen MR) is 60.4 cm³/mol. The van der Waals surface area contributed by atoms with Gasteiger partial charge < -0.3 is 14.4 Å². The van der Waals surface area contributed by atoms with Gasteiger partial charge in [0.15, 0.2) is 5.78 Å². The van der Waals surface area contributed by atoms with Gasteiger partial charge in [-0.05, 0) is 25.3 Å². The summed E-state index contributed by atoms with van der Waals surface area (Å²) in [5.41, 5.74) is 2.06. The van der Waals surface area contributed by atoms with Gasteiger partial charge >= 0.3 is 5.97 Å². The van der Waals surface area contributed by atoms with Crippen LogP contribution in [0.2, 0.25) is 0 Å². The molecule has 0 atom stereocenters. The Morgan fingerprint density at radius 3 is 2.76 bits per heavy atom. The van der Waals surface area contributed by atoms with E-state index < -0.39 is 5.97 Å². The number of carbonyl (C=O) groups is 2. The summed E-state index contributed by atoms with van der Waals surface area (Å²) >= 11 is 0. The fourth-order valence-corrected chi connectivity index (χ4v) is 2.48. The van der Waals surface area contributed by atoms with Crippen LogP contribution in [0, 0.1) is 6.92 Å². The quantitative estimate of drug-likeness (QED) is 0.867. The van der Waals surface area contributed by atoms with Crippen molar-refractivity contribution in [2.45, 2.75) is 32.9 Å². The van der Waals surface area contributed by atoms with E-state index in [0.29, 0.717) is 29.8 Å². The molecule has 1 aliphatic rings. The van der Waals surface area contributed by atoms with E-state index in [9.17, 15) is 14.7 Å². The van der Waals surface area contributed by atoms with Crippen molar-refractivity contribution in [3.05, 3.63) is 22.5 Å². The highest BCUT2D eigenvalue weighted by Crippen LogP contribution is 2.29. The van der Waals surface area contributed by atoms with Gasteiger partial charge in [-0.15, -0.1) is 0 Å². The summed E-state index contributed by atoms with van der Waals surface area (Å²) < 4.78 is 6.70. The van der Waals surface area contributed by atoms with Crippen LogP contribution < -0.4 is 0 Å². The number of rotatable bonds is 3. The van der Waals surface area contributed by atoms with Gasteiger partial charge in [-0.3, -0.25) is 4.79 Å².